The number of nitrogens with zero attached hydrogens (tertiary/aromatic N) is 2. The fraction of sp³-hybridized carbons (Fsp3) is 0.400. The molecular weight excluding hydrogens is 498 g/mol. The number of hydrogen-bond donors (Lipinski definition) is 1. The number of carbonyl (C=O) groups is 1. The van der Waals surface area contributed by atoms with Gasteiger partial charge in [-0.25, -0.2) is 9.78 Å². The lowest BCUT2D eigenvalue weighted by Gasteiger charge is -2.30. The third-order valence-electron chi connectivity index (χ3n) is 7.32. The first-order valence-corrected chi connectivity index (χ1v) is 14.4. The molecule has 0 atom stereocenters. The molecule has 2 fully saturated rings. The zero-order chi connectivity index (χ0) is 26.1. The molecule has 1 aliphatic heterocycles. The standard InChI is InChI=1S/C30H33N3O4S/c1-19(2)36-30(34)32-21-8-6-20(7-9-21)29-28(26-17-38-18-31-26)25-11-10-24(37-23-12-14-35-15-13-23)16-27(25)33(29)22-4-3-5-22/h6-11,16-19,22-23H,3-5,12-15H2,1-2H3,(H,32,34). The van der Waals surface area contributed by atoms with E-state index >= 15 is 0 Å². The quantitative estimate of drug-likeness (QED) is 0.265. The average molecular weight is 532 g/mol. The van der Waals surface area contributed by atoms with Crippen LogP contribution in [-0.2, 0) is 9.47 Å². The van der Waals surface area contributed by atoms with Gasteiger partial charge in [0.15, 0.2) is 0 Å². The number of thiazole rings is 1. The Kier molecular flexibility index (Phi) is 7.08. The average Bonchev–Trinajstić information content (AvgIpc) is 3.50. The van der Waals surface area contributed by atoms with Gasteiger partial charge in [-0.2, -0.15) is 0 Å². The fourth-order valence-electron chi connectivity index (χ4n) is 5.33. The minimum Gasteiger partial charge on any atom is -0.490 e. The molecule has 2 aromatic carbocycles. The Morgan fingerprint density at radius 2 is 1.89 bits per heavy atom. The lowest BCUT2D eigenvalue weighted by molar-refractivity contribution is 0.0256. The van der Waals surface area contributed by atoms with E-state index in [0.717, 1.165) is 67.2 Å². The number of ether oxygens (including phenoxy) is 3. The van der Waals surface area contributed by atoms with E-state index in [2.05, 4.69) is 45.6 Å². The number of amides is 1. The van der Waals surface area contributed by atoms with Crippen LogP contribution in [0.2, 0.25) is 0 Å². The van der Waals surface area contributed by atoms with Crippen LogP contribution in [0.15, 0.2) is 53.4 Å². The van der Waals surface area contributed by atoms with Crippen LogP contribution in [0.1, 0.15) is 52.0 Å². The van der Waals surface area contributed by atoms with Crippen molar-refractivity contribution in [2.24, 2.45) is 0 Å². The highest BCUT2D eigenvalue weighted by Crippen LogP contribution is 2.47. The van der Waals surface area contributed by atoms with Crippen molar-refractivity contribution in [1.82, 2.24) is 9.55 Å². The van der Waals surface area contributed by atoms with E-state index in [4.69, 9.17) is 19.2 Å². The van der Waals surface area contributed by atoms with Crippen LogP contribution in [0.4, 0.5) is 10.5 Å². The summed E-state index contributed by atoms with van der Waals surface area (Å²) in [5.41, 5.74) is 8.15. The highest BCUT2D eigenvalue weighted by molar-refractivity contribution is 7.07. The van der Waals surface area contributed by atoms with Crippen LogP contribution in [-0.4, -0.2) is 41.1 Å². The van der Waals surface area contributed by atoms with Crippen molar-refractivity contribution in [3.05, 3.63) is 53.4 Å². The van der Waals surface area contributed by atoms with Gasteiger partial charge in [-0.15, -0.1) is 11.3 Å². The van der Waals surface area contributed by atoms with E-state index < -0.39 is 6.09 Å². The number of hydrogen-bond acceptors (Lipinski definition) is 6. The molecule has 0 bridgehead atoms. The second kappa shape index (κ2) is 10.8. The predicted octanol–water partition coefficient (Wildman–Crippen LogP) is 7.67. The zero-order valence-corrected chi connectivity index (χ0v) is 22.6. The summed E-state index contributed by atoms with van der Waals surface area (Å²) in [5, 5.41) is 6.12. The summed E-state index contributed by atoms with van der Waals surface area (Å²) < 4.78 is 19.7. The molecule has 8 heteroatoms. The Morgan fingerprint density at radius 3 is 2.55 bits per heavy atom. The molecule has 0 radical (unpaired) electrons. The molecule has 0 spiro atoms. The minimum absolute atomic E-state index is 0.173. The van der Waals surface area contributed by atoms with E-state index in [1.165, 1.54) is 17.3 Å². The maximum Gasteiger partial charge on any atom is 0.411 e. The topological polar surface area (TPSA) is 74.6 Å². The van der Waals surface area contributed by atoms with Gasteiger partial charge in [-0.3, -0.25) is 5.32 Å². The van der Waals surface area contributed by atoms with E-state index in [1.807, 2.05) is 31.5 Å². The summed E-state index contributed by atoms with van der Waals surface area (Å²) >= 11 is 1.61. The second-order valence-electron chi connectivity index (χ2n) is 10.3. The number of fused-ring (bicyclic) bond motifs is 1. The second-order valence-corrected chi connectivity index (χ2v) is 11.0. The summed E-state index contributed by atoms with van der Waals surface area (Å²) in [7, 11) is 0. The number of nitrogens with one attached hydrogen (secondary N) is 1. The third-order valence-corrected chi connectivity index (χ3v) is 7.91. The molecule has 198 valence electrons. The van der Waals surface area contributed by atoms with Crippen LogP contribution in [0.25, 0.3) is 33.4 Å². The fourth-order valence-corrected chi connectivity index (χ4v) is 5.87. The van der Waals surface area contributed by atoms with Crippen LogP contribution >= 0.6 is 11.3 Å². The Hall–Kier alpha value is -3.36. The summed E-state index contributed by atoms with van der Waals surface area (Å²) in [6.45, 7) is 5.18. The van der Waals surface area contributed by atoms with Crippen molar-refractivity contribution in [3.8, 4) is 28.3 Å². The molecule has 1 aliphatic carbocycles. The lowest BCUT2D eigenvalue weighted by atomic mass is 9.92. The van der Waals surface area contributed by atoms with Gasteiger partial charge in [-0.1, -0.05) is 12.1 Å². The lowest BCUT2D eigenvalue weighted by Crippen LogP contribution is -2.25. The highest BCUT2D eigenvalue weighted by atomic mass is 32.1. The molecule has 4 aromatic rings. The smallest absolute Gasteiger partial charge is 0.411 e. The van der Waals surface area contributed by atoms with Crippen molar-refractivity contribution in [2.45, 2.75) is 64.2 Å². The Balaban J connectivity index is 1.44. The number of rotatable bonds is 7. The van der Waals surface area contributed by atoms with Crippen LogP contribution in [0, 0.1) is 0 Å². The van der Waals surface area contributed by atoms with Crippen molar-refractivity contribution >= 4 is 34.0 Å². The van der Waals surface area contributed by atoms with Gasteiger partial charge in [0.1, 0.15) is 11.9 Å². The van der Waals surface area contributed by atoms with Gasteiger partial charge in [0.2, 0.25) is 0 Å². The van der Waals surface area contributed by atoms with E-state index in [9.17, 15) is 4.79 Å². The van der Waals surface area contributed by atoms with Gasteiger partial charge >= 0.3 is 6.09 Å². The molecule has 2 aliphatic rings. The molecular formula is C30H33N3O4S. The van der Waals surface area contributed by atoms with Crippen molar-refractivity contribution in [3.63, 3.8) is 0 Å². The molecule has 3 heterocycles. The Morgan fingerprint density at radius 1 is 1.11 bits per heavy atom. The van der Waals surface area contributed by atoms with Gasteiger partial charge in [0.25, 0.3) is 0 Å². The molecule has 1 N–H and O–H groups in total. The summed E-state index contributed by atoms with van der Waals surface area (Å²) in [4.78, 5) is 16.8. The number of carbonyl (C=O) groups excluding carboxylic acids is 1. The Labute approximate surface area is 226 Å². The molecule has 7 nitrogen and oxygen atoms in total. The SMILES string of the molecule is CC(C)OC(=O)Nc1ccc(-c2c(-c3cscn3)c3ccc(OC4CCOCC4)cc3n2C2CCC2)cc1. The normalized spacial score (nSPS) is 16.5. The first-order chi connectivity index (χ1) is 18.6. The summed E-state index contributed by atoms with van der Waals surface area (Å²) in [6.07, 6.45) is 4.94. The van der Waals surface area contributed by atoms with Crippen LogP contribution in [0.5, 0.6) is 5.75 Å². The third kappa shape index (κ3) is 5.02. The minimum atomic E-state index is -0.448. The van der Waals surface area contributed by atoms with Crippen molar-refractivity contribution in [1.29, 1.82) is 0 Å². The van der Waals surface area contributed by atoms with E-state index in [0.29, 0.717) is 11.7 Å². The van der Waals surface area contributed by atoms with Gasteiger partial charge < -0.3 is 18.8 Å². The monoisotopic (exact) mass is 531 g/mol. The van der Waals surface area contributed by atoms with Gasteiger partial charge in [0, 0.05) is 47.0 Å². The van der Waals surface area contributed by atoms with Crippen LogP contribution < -0.4 is 10.1 Å². The Bertz CT molecular complexity index is 1400. The predicted molar refractivity (Wildman–Crippen MR) is 151 cm³/mol. The zero-order valence-electron chi connectivity index (χ0n) is 21.8. The molecule has 1 saturated carbocycles. The van der Waals surface area contributed by atoms with Crippen molar-refractivity contribution in [2.75, 3.05) is 18.5 Å². The van der Waals surface area contributed by atoms with Gasteiger partial charge in [-0.05, 0) is 62.9 Å². The number of anilines is 1. The van der Waals surface area contributed by atoms with Crippen LogP contribution in [0.3, 0.4) is 0 Å². The molecule has 38 heavy (non-hydrogen) atoms. The first kappa shape index (κ1) is 24.9. The number of aromatic nitrogens is 2. The first-order valence-electron chi connectivity index (χ1n) is 13.5. The summed E-state index contributed by atoms with van der Waals surface area (Å²) in [6, 6.07) is 14.9. The molecule has 2 aromatic heterocycles. The van der Waals surface area contributed by atoms with Crippen molar-refractivity contribution < 1.29 is 19.0 Å². The molecule has 1 amide bonds. The van der Waals surface area contributed by atoms with Gasteiger partial charge in [0.05, 0.1) is 41.7 Å². The van der Waals surface area contributed by atoms with E-state index in [-0.39, 0.29) is 12.2 Å². The number of benzene rings is 2. The summed E-state index contributed by atoms with van der Waals surface area (Å²) in [5.74, 6) is 0.905. The molecule has 0 unspecified atom stereocenters. The van der Waals surface area contributed by atoms with E-state index in [1.54, 1.807) is 11.3 Å². The molecule has 6 rings (SSSR count). The maximum atomic E-state index is 12.1. The largest absolute Gasteiger partial charge is 0.490 e. The maximum absolute atomic E-state index is 12.1. The highest BCUT2D eigenvalue weighted by Gasteiger charge is 2.29. The molecule has 1 saturated heterocycles.